The van der Waals surface area contributed by atoms with E-state index in [2.05, 4.69) is 31.4 Å². The summed E-state index contributed by atoms with van der Waals surface area (Å²) < 4.78 is 11.6. The van der Waals surface area contributed by atoms with Crippen LogP contribution < -0.4 is 14.8 Å². The van der Waals surface area contributed by atoms with Crippen LogP contribution in [-0.2, 0) is 6.54 Å². The number of ether oxygens (including phenoxy) is 2. The lowest BCUT2D eigenvalue weighted by Crippen LogP contribution is -2.07. The van der Waals surface area contributed by atoms with Crippen LogP contribution in [-0.4, -0.2) is 24.4 Å². The molecule has 0 aliphatic heterocycles. The lowest BCUT2D eigenvalue weighted by molar-refractivity contribution is 0.411. The highest BCUT2D eigenvalue weighted by Gasteiger charge is 2.06. The molecule has 2 aromatic rings. The number of hydrogen-bond donors (Lipinski definition) is 1. The van der Waals surface area contributed by atoms with Gasteiger partial charge < -0.3 is 14.8 Å². The highest BCUT2D eigenvalue weighted by molar-refractivity contribution is 9.10. The van der Waals surface area contributed by atoms with Gasteiger partial charge in [0.15, 0.2) is 0 Å². The number of halogens is 1. The van der Waals surface area contributed by atoms with Gasteiger partial charge in [0, 0.05) is 12.6 Å². The molecule has 0 aliphatic carbocycles. The third kappa shape index (κ3) is 3.65. The maximum atomic E-state index is 5.65. The summed E-state index contributed by atoms with van der Waals surface area (Å²) in [6.07, 6.45) is 0. The molecule has 1 N–H and O–H groups in total. The number of hydrogen-bond acceptors (Lipinski definition) is 5. The van der Waals surface area contributed by atoms with Gasteiger partial charge in [0.2, 0.25) is 5.88 Å². The molecule has 0 atom stereocenters. The Morgan fingerprint density at radius 2 is 2.05 bits per heavy atom. The first-order valence-corrected chi connectivity index (χ1v) is 6.51. The predicted octanol–water partition coefficient (Wildman–Crippen LogP) is 2.76. The first-order chi connectivity index (χ1) is 9.22. The van der Waals surface area contributed by atoms with E-state index in [9.17, 15) is 0 Å². The SMILES string of the molecule is CNCc1ccc(Oc2ccc(OC)cc2Br)nn1. The lowest BCUT2D eigenvalue weighted by Gasteiger charge is -2.08. The van der Waals surface area contributed by atoms with E-state index in [-0.39, 0.29) is 0 Å². The number of nitrogens with zero attached hydrogens (tertiary/aromatic N) is 2. The summed E-state index contributed by atoms with van der Waals surface area (Å²) in [5.74, 6) is 1.87. The van der Waals surface area contributed by atoms with E-state index < -0.39 is 0 Å². The molecule has 1 aromatic carbocycles. The lowest BCUT2D eigenvalue weighted by atomic mass is 10.3. The molecule has 0 aliphatic rings. The zero-order chi connectivity index (χ0) is 13.7. The molecule has 6 heteroatoms. The molecule has 5 nitrogen and oxygen atoms in total. The topological polar surface area (TPSA) is 56.3 Å². The fourth-order valence-corrected chi connectivity index (χ4v) is 1.92. The highest BCUT2D eigenvalue weighted by Crippen LogP contribution is 2.31. The van der Waals surface area contributed by atoms with Gasteiger partial charge in [0.05, 0.1) is 17.3 Å². The molecule has 2 rings (SSSR count). The summed E-state index contributed by atoms with van der Waals surface area (Å²) >= 11 is 3.42. The standard InChI is InChI=1S/C13H14BrN3O2/c1-15-8-9-3-6-13(17-16-9)19-12-5-4-10(18-2)7-11(12)14/h3-7,15H,8H2,1-2H3. The van der Waals surface area contributed by atoms with Crippen LogP contribution in [0.25, 0.3) is 0 Å². The Hall–Kier alpha value is -1.66. The Bertz CT molecular complexity index is 546. The molecule has 1 heterocycles. The smallest absolute Gasteiger partial charge is 0.238 e. The normalized spacial score (nSPS) is 10.3. The highest BCUT2D eigenvalue weighted by atomic mass is 79.9. The van der Waals surface area contributed by atoms with E-state index in [0.29, 0.717) is 18.2 Å². The molecule has 0 radical (unpaired) electrons. The average molecular weight is 324 g/mol. The molecule has 0 saturated carbocycles. The zero-order valence-corrected chi connectivity index (χ0v) is 12.3. The summed E-state index contributed by atoms with van der Waals surface area (Å²) in [6.45, 7) is 0.680. The van der Waals surface area contributed by atoms with Crippen LogP contribution in [0.5, 0.6) is 17.4 Å². The molecule has 0 unspecified atom stereocenters. The van der Waals surface area contributed by atoms with Gasteiger partial charge in [-0.25, -0.2) is 0 Å². The van der Waals surface area contributed by atoms with Gasteiger partial charge in [-0.1, -0.05) is 0 Å². The maximum Gasteiger partial charge on any atom is 0.238 e. The van der Waals surface area contributed by atoms with Crippen molar-refractivity contribution in [2.45, 2.75) is 6.54 Å². The minimum Gasteiger partial charge on any atom is -0.497 e. The predicted molar refractivity (Wildman–Crippen MR) is 75.6 cm³/mol. The van der Waals surface area contributed by atoms with Crippen LogP contribution in [0, 0.1) is 0 Å². The van der Waals surface area contributed by atoms with Crippen LogP contribution in [0.2, 0.25) is 0 Å². The van der Waals surface area contributed by atoms with Crippen molar-refractivity contribution in [2.24, 2.45) is 0 Å². The Labute approximate surface area is 120 Å². The number of nitrogens with one attached hydrogen (secondary N) is 1. The fourth-order valence-electron chi connectivity index (χ4n) is 1.48. The first-order valence-electron chi connectivity index (χ1n) is 5.71. The molecule has 0 saturated heterocycles. The molecule has 0 amide bonds. The van der Waals surface area contributed by atoms with Gasteiger partial charge in [-0.2, -0.15) is 5.10 Å². The molecule has 0 fully saturated rings. The summed E-state index contributed by atoms with van der Waals surface area (Å²) in [4.78, 5) is 0. The number of benzene rings is 1. The van der Waals surface area contributed by atoms with E-state index in [1.165, 1.54) is 0 Å². The Balaban J connectivity index is 2.12. The van der Waals surface area contributed by atoms with Crippen LogP contribution in [0.15, 0.2) is 34.8 Å². The Morgan fingerprint density at radius 3 is 2.63 bits per heavy atom. The second kappa shape index (κ2) is 6.49. The van der Waals surface area contributed by atoms with Crippen LogP contribution >= 0.6 is 15.9 Å². The summed E-state index contributed by atoms with van der Waals surface area (Å²) in [5.41, 5.74) is 0.864. The van der Waals surface area contributed by atoms with E-state index in [1.54, 1.807) is 13.2 Å². The van der Waals surface area contributed by atoms with Crippen molar-refractivity contribution >= 4 is 15.9 Å². The zero-order valence-electron chi connectivity index (χ0n) is 10.7. The Kier molecular flexibility index (Phi) is 4.70. The minimum absolute atomic E-state index is 0.450. The Morgan fingerprint density at radius 1 is 1.21 bits per heavy atom. The van der Waals surface area contributed by atoms with Gasteiger partial charge in [-0.3, -0.25) is 0 Å². The van der Waals surface area contributed by atoms with E-state index in [4.69, 9.17) is 9.47 Å². The second-order valence-electron chi connectivity index (χ2n) is 3.79. The molecule has 19 heavy (non-hydrogen) atoms. The third-order valence-corrected chi connectivity index (χ3v) is 3.03. The molecule has 0 bridgehead atoms. The van der Waals surface area contributed by atoms with Gasteiger partial charge >= 0.3 is 0 Å². The van der Waals surface area contributed by atoms with Crippen LogP contribution in [0.3, 0.4) is 0 Å². The quantitative estimate of drug-likeness (QED) is 0.916. The van der Waals surface area contributed by atoms with Crippen molar-refractivity contribution in [2.75, 3.05) is 14.2 Å². The second-order valence-corrected chi connectivity index (χ2v) is 4.65. The largest absolute Gasteiger partial charge is 0.497 e. The van der Waals surface area contributed by atoms with Crippen molar-refractivity contribution < 1.29 is 9.47 Å². The number of methoxy groups -OCH3 is 1. The molecule has 100 valence electrons. The van der Waals surface area contributed by atoms with Crippen molar-refractivity contribution in [3.8, 4) is 17.4 Å². The van der Waals surface area contributed by atoms with E-state index in [0.717, 1.165) is 15.9 Å². The summed E-state index contributed by atoms with van der Waals surface area (Å²) in [5, 5.41) is 11.1. The van der Waals surface area contributed by atoms with Crippen molar-refractivity contribution in [3.63, 3.8) is 0 Å². The maximum absolute atomic E-state index is 5.65. The van der Waals surface area contributed by atoms with E-state index in [1.807, 2.05) is 31.3 Å². The van der Waals surface area contributed by atoms with E-state index >= 15 is 0 Å². The van der Waals surface area contributed by atoms with Gasteiger partial charge in [0.1, 0.15) is 11.5 Å². The molecular weight excluding hydrogens is 310 g/mol. The summed E-state index contributed by atoms with van der Waals surface area (Å²) in [6, 6.07) is 9.12. The molecule has 0 spiro atoms. The van der Waals surface area contributed by atoms with Crippen LogP contribution in [0.1, 0.15) is 5.69 Å². The van der Waals surface area contributed by atoms with Gasteiger partial charge in [-0.15, -0.1) is 5.10 Å². The third-order valence-electron chi connectivity index (χ3n) is 2.41. The van der Waals surface area contributed by atoms with Gasteiger partial charge in [0.25, 0.3) is 0 Å². The molecule has 1 aromatic heterocycles. The summed E-state index contributed by atoms with van der Waals surface area (Å²) in [7, 11) is 3.48. The van der Waals surface area contributed by atoms with Gasteiger partial charge in [-0.05, 0) is 47.2 Å². The monoisotopic (exact) mass is 323 g/mol. The van der Waals surface area contributed by atoms with Crippen molar-refractivity contribution in [1.82, 2.24) is 15.5 Å². The average Bonchev–Trinajstić information content (AvgIpc) is 2.43. The fraction of sp³-hybridized carbons (Fsp3) is 0.231. The van der Waals surface area contributed by atoms with Crippen molar-refractivity contribution in [3.05, 3.63) is 40.5 Å². The number of aromatic nitrogens is 2. The minimum atomic E-state index is 0.450. The first kappa shape index (κ1) is 13.8. The van der Waals surface area contributed by atoms with Crippen molar-refractivity contribution in [1.29, 1.82) is 0 Å². The number of rotatable bonds is 5. The molecular formula is C13H14BrN3O2. The van der Waals surface area contributed by atoms with Crippen LogP contribution in [0.4, 0.5) is 0 Å².